The Morgan fingerprint density at radius 1 is 1.30 bits per heavy atom. The number of rotatable bonds is 3. The van der Waals surface area contributed by atoms with Crippen molar-refractivity contribution in [2.24, 2.45) is 0 Å². The average Bonchev–Trinajstić information content (AvgIpc) is 3.08. The van der Waals surface area contributed by atoms with Crippen LogP contribution in [0, 0.1) is 0 Å². The molecule has 0 saturated heterocycles. The molecule has 1 N–H and O–H groups in total. The molecular weight excluding hydrogens is 308 g/mol. The lowest BCUT2D eigenvalue weighted by atomic mass is 10.1. The van der Waals surface area contributed by atoms with E-state index in [1.807, 2.05) is 12.1 Å². The Balaban J connectivity index is 1.64. The van der Waals surface area contributed by atoms with Gasteiger partial charge in [-0.25, -0.2) is 4.98 Å². The number of thiophene rings is 1. The molecule has 4 rings (SSSR count). The van der Waals surface area contributed by atoms with Crippen LogP contribution in [0.5, 0.6) is 0 Å². The summed E-state index contributed by atoms with van der Waals surface area (Å²) < 4.78 is 0. The maximum atomic E-state index is 12.3. The summed E-state index contributed by atoms with van der Waals surface area (Å²) in [6.07, 6.45) is 4.18. The van der Waals surface area contributed by atoms with E-state index in [2.05, 4.69) is 32.4 Å². The van der Waals surface area contributed by atoms with Gasteiger partial charge in [0.2, 0.25) is 0 Å². The van der Waals surface area contributed by atoms with Crippen LogP contribution in [0.15, 0.2) is 46.8 Å². The first-order chi connectivity index (χ1) is 11.3. The minimum atomic E-state index is -0.0235. The summed E-state index contributed by atoms with van der Waals surface area (Å²) in [4.78, 5) is 27.7. The third kappa shape index (κ3) is 2.95. The van der Waals surface area contributed by atoms with Crippen molar-refractivity contribution in [1.82, 2.24) is 19.9 Å². The Bertz CT molecular complexity index is 858. The lowest BCUT2D eigenvalue weighted by Crippen LogP contribution is -2.34. The number of H-pyrrole nitrogens is 1. The van der Waals surface area contributed by atoms with E-state index in [0.717, 1.165) is 36.3 Å². The van der Waals surface area contributed by atoms with Crippen molar-refractivity contribution in [1.29, 1.82) is 0 Å². The van der Waals surface area contributed by atoms with E-state index in [0.29, 0.717) is 12.4 Å². The molecule has 0 aliphatic carbocycles. The van der Waals surface area contributed by atoms with Crippen LogP contribution in [-0.4, -0.2) is 26.4 Å². The smallest absolute Gasteiger partial charge is 0.254 e. The first-order valence-electron chi connectivity index (χ1n) is 7.57. The molecule has 0 saturated carbocycles. The molecule has 3 aromatic heterocycles. The zero-order valence-corrected chi connectivity index (χ0v) is 13.3. The monoisotopic (exact) mass is 324 g/mol. The van der Waals surface area contributed by atoms with Crippen LogP contribution in [0.4, 0.5) is 0 Å². The highest BCUT2D eigenvalue weighted by Gasteiger charge is 2.21. The van der Waals surface area contributed by atoms with Gasteiger partial charge in [-0.15, -0.1) is 11.3 Å². The van der Waals surface area contributed by atoms with Crippen LogP contribution < -0.4 is 5.56 Å². The van der Waals surface area contributed by atoms with Gasteiger partial charge >= 0.3 is 0 Å². The van der Waals surface area contributed by atoms with Crippen molar-refractivity contribution in [3.63, 3.8) is 0 Å². The molecule has 4 heterocycles. The summed E-state index contributed by atoms with van der Waals surface area (Å²) in [5.41, 5.74) is 2.52. The maximum absolute atomic E-state index is 12.3. The fourth-order valence-corrected chi connectivity index (χ4v) is 3.64. The molecule has 23 heavy (non-hydrogen) atoms. The number of aromatic nitrogens is 3. The predicted molar refractivity (Wildman–Crippen MR) is 90.2 cm³/mol. The fourth-order valence-electron chi connectivity index (χ4n) is 2.89. The first-order valence-corrected chi connectivity index (χ1v) is 8.45. The van der Waals surface area contributed by atoms with Crippen molar-refractivity contribution in [3.8, 4) is 11.4 Å². The Morgan fingerprint density at radius 3 is 3.04 bits per heavy atom. The fraction of sp³-hybridized carbons (Fsp3) is 0.235. The molecule has 5 nitrogen and oxygen atoms in total. The van der Waals surface area contributed by atoms with Crippen LogP contribution in [0.3, 0.4) is 0 Å². The quantitative estimate of drug-likeness (QED) is 0.804. The molecule has 3 aromatic rings. The van der Waals surface area contributed by atoms with E-state index in [1.165, 1.54) is 4.88 Å². The molecule has 116 valence electrons. The second-order valence-electron chi connectivity index (χ2n) is 5.62. The van der Waals surface area contributed by atoms with Gasteiger partial charge in [0, 0.05) is 48.0 Å². The molecular formula is C17H16N4OS. The minimum absolute atomic E-state index is 0.0235. The molecule has 1 aliphatic heterocycles. The molecule has 0 amide bonds. The normalized spacial score (nSPS) is 14.6. The van der Waals surface area contributed by atoms with Crippen LogP contribution in [0.25, 0.3) is 11.4 Å². The third-order valence-corrected chi connectivity index (χ3v) is 4.91. The summed E-state index contributed by atoms with van der Waals surface area (Å²) in [7, 11) is 0. The Kier molecular flexibility index (Phi) is 3.77. The van der Waals surface area contributed by atoms with Crippen LogP contribution in [0.2, 0.25) is 0 Å². The van der Waals surface area contributed by atoms with Gasteiger partial charge in [-0.2, -0.15) is 0 Å². The zero-order valence-electron chi connectivity index (χ0n) is 12.5. The van der Waals surface area contributed by atoms with Gasteiger partial charge in [-0.3, -0.25) is 14.7 Å². The van der Waals surface area contributed by atoms with Crippen LogP contribution in [-0.2, 0) is 19.5 Å². The Labute approximate surface area is 137 Å². The van der Waals surface area contributed by atoms with Crippen LogP contribution in [0.1, 0.15) is 16.1 Å². The number of pyridine rings is 1. The molecule has 0 unspecified atom stereocenters. The van der Waals surface area contributed by atoms with E-state index in [4.69, 9.17) is 4.98 Å². The van der Waals surface area contributed by atoms with Gasteiger partial charge in [0.05, 0.1) is 5.69 Å². The van der Waals surface area contributed by atoms with Crippen molar-refractivity contribution in [2.45, 2.75) is 19.5 Å². The summed E-state index contributed by atoms with van der Waals surface area (Å²) >= 11 is 1.76. The van der Waals surface area contributed by atoms with Crippen molar-refractivity contribution < 1.29 is 0 Å². The summed E-state index contributed by atoms with van der Waals surface area (Å²) in [5.74, 6) is 0.597. The predicted octanol–water partition coefficient (Wildman–Crippen LogP) is 2.45. The van der Waals surface area contributed by atoms with Crippen molar-refractivity contribution >= 4 is 11.3 Å². The zero-order chi connectivity index (χ0) is 15.6. The number of nitrogens with one attached hydrogen (secondary N) is 1. The SMILES string of the molecule is O=c1[nH]c(-c2cccnc2)nc2c1CCN(Cc1cccs1)C2. The van der Waals surface area contributed by atoms with Crippen LogP contribution >= 0.6 is 11.3 Å². The minimum Gasteiger partial charge on any atom is -0.306 e. The van der Waals surface area contributed by atoms with Crippen molar-refractivity contribution in [3.05, 3.63) is 68.5 Å². The topological polar surface area (TPSA) is 61.9 Å². The van der Waals surface area contributed by atoms with Gasteiger partial charge in [-0.1, -0.05) is 6.07 Å². The molecule has 0 bridgehead atoms. The molecule has 0 radical (unpaired) electrons. The molecule has 1 aliphatic rings. The standard InChI is InChI=1S/C17H16N4OS/c22-17-14-5-7-21(10-13-4-2-8-23-13)11-15(14)19-16(20-17)12-3-1-6-18-9-12/h1-4,6,8-9H,5,7,10-11H2,(H,19,20,22). The largest absolute Gasteiger partial charge is 0.306 e. The number of hydrogen-bond donors (Lipinski definition) is 1. The number of aromatic amines is 1. The van der Waals surface area contributed by atoms with E-state index in [1.54, 1.807) is 23.7 Å². The first kappa shape index (κ1) is 14.3. The third-order valence-electron chi connectivity index (χ3n) is 4.05. The van der Waals surface area contributed by atoms with E-state index in [-0.39, 0.29) is 5.56 Å². The van der Waals surface area contributed by atoms with E-state index >= 15 is 0 Å². The number of fused-ring (bicyclic) bond motifs is 1. The lowest BCUT2D eigenvalue weighted by Gasteiger charge is -2.27. The van der Waals surface area contributed by atoms with Gasteiger partial charge in [0.15, 0.2) is 0 Å². The van der Waals surface area contributed by atoms with Gasteiger partial charge in [0.25, 0.3) is 5.56 Å². The van der Waals surface area contributed by atoms with E-state index in [9.17, 15) is 4.79 Å². The van der Waals surface area contributed by atoms with E-state index < -0.39 is 0 Å². The van der Waals surface area contributed by atoms with Gasteiger partial charge in [-0.05, 0) is 30.0 Å². The summed E-state index contributed by atoms with van der Waals surface area (Å²) in [6.45, 7) is 2.51. The highest BCUT2D eigenvalue weighted by Crippen LogP contribution is 2.20. The highest BCUT2D eigenvalue weighted by atomic mass is 32.1. The molecule has 0 fully saturated rings. The van der Waals surface area contributed by atoms with Gasteiger partial charge < -0.3 is 4.98 Å². The second kappa shape index (κ2) is 6.06. The number of hydrogen-bond acceptors (Lipinski definition) is 5. The molecule has 0 spiro atoms. The maximum Gasteiger partial charge on any atom is 0.254 e. The average molecular weight is 324 g/mol. The Hall–Kier alpha value is -2.31. The lowest BCUT2D eigenvalue weighted by molar-refractivity contribution is 0.242. The highest BCUT2D eigenvalue weighted by molar-refractivity contribution is 7.09. The summed E-state index contributed by atoms with van der Waals surface area (Å²) in [5, 5.41) is 2.09. The second-order valence-corrected chi connectivity index (χ2v) is 6.65. The Morgan fingerprint density at radius 2 is 2.26 bits per heavy atom. The molecule has 6 heteroatoms. The molecule has 0 atom stereocenters. The molecule has 0 aromatic carbocycles. The summed E-state index contributed by atoms with van der Waals surface area (Å²) in [6, 6.07) is 7.97. The van der Waals surface area contributed by atoms with Crippen molar-refractivity contribution in [2.75, 3.05) is 6.54 Å². The van der Waals surface area contributed by atoms with Gasteiger partial charge in [0.1, 0.15) is 5.82 Å². The number of nitrogens with zero attached hydrogens (tertiary/aromatic N) is 3.